The van der Waals surface area contributed by atoms with Crippen molar-refractivity contribution < 1.29 is 4.92 Å². The van der Waals surface area contributed by atoms with Crippen LogP contribution in [-0.2, 0) is 6.54 Å². The Kier molecular flexibility index (Phi) is 4.16. The number of nitrogens with one attached hydrogen (secondary N) is 1. The highest BCUT2D eigenvalue weighted by Crippen LogP contribution is 2.27. The smallest absolute Gasteiger partial charge is 0.285 e. The summed E-state index contributed by atoms with van der Waals surface area (Å²) in [4.78, 5) is 10.4. The quantitative estimate of drug-likeness (QED) is 0.675. The van der Waals surface area contributed by atoms with Gasteiger partial charge in [-0.05, 0) is 40.5 Å². The Balaban J connectivity index is 2.09. The number of nitrogens with zero attached hydrogens (tertiary/aromatic N) is 1. The molecule has 5 heteroatoms. The van der Waals surface area contributed by atoms with Crippen molar-refractivity contribution in [3.05, 3.63) is 68.2 Å². The van der Waals surface area contributed by atoms with Crippen LogP contribution in [0.2, 0.25) is 0 Å². The van der Waals surface area contributed by atoms with E-state index in [0.717, 1.165) is 11.3 Å². The molecule has 0 aliphatic heterocycles. The maximum atomic E-state index is 10.8. The molecule has 0 aliphatic rings. The van der Waals surface area contributed by atoms with Crippen molar-refractivity contribution in [2.24, 2.45) is 0 Å². The number of rotatable bonds is 4. The molecule has 0 aromatic heterocycles. The van der Waals surface area contributed by atoms with Gasteiger partial charge >= 0.3 is 0 Å². The summed E-state index contributed by atoms with van der Waals surface area (Å²) in [6.45, 7) is 2.67. The van der Waals surface area contributed by atoms with Crippen molar-refractivity contribution in [1.29, 1.82) is 0 Å². The molecule has 2 aromatic rings. The first kappa shape index (κ1) is 13.5. The summed E-state index contributed by atoms with van der Waals surface area (Å²) >= 11 is 3.17. The molecule has 2 aromatic carbocycles. The van der Waals surface area contributed by atoms with Crippen molar-refractivity contribution in [1.82, 2.24) is 0 Å². The fourth-order valence-corrected chi connectivity index (χ4v) is 2.06. The van der Waals surface area contributed by atoms with E-state index < -0.39 is 4.92 Å². The summed E-state index contributed by atoms with van der Waals surface area (Å²) in [6.07, 6.45) is 0. The van der Waals surface area contributed by atoms with Crippen LogP contribution < -0.4 is 5.32 Å². The molecular formula is C14H13BrN2O2. The van der Waals surface area contributed by atoms with Gasteiger partial charge in [0.15, 0.2) is 0 Å². The zero-order valence-corrected chi connectivity index (χ0v) is 12.0. The number of hydrogen-bond acceptors (Lipinski definition) is 3. The molecule has 19 heavy (non-hydrogen) atoms. The van der Waals surface area contributed by atoms with Crippen molar-refractivity contribution in [3.63, 3.8) is 0 Å². The normalized spacial score (nSPS) is 10.2. The van der Waals surface area contributed by atoms with Crippen LogP contribution in [0.15, 0.2) is 46.9 Å². The molecule has 0 unspecified atom stereocenters. The molecule has 0 saturated heterocycles. The van der Waals surface area contributed by atoms with Crippen LogP contribution in [0.4, 0.5) is 11.4 Å². The molecule has 0 fully saturated rings. The molecule has 0 bridgehead atoms. The van der Waals surface area contributed by atoms with Gasteiger partial charge in [-0.2, -0.15) is 0 Å². The Hall–Kier alpha value is -1.88. The Morgan fingerprint density at radius 3 is 2.53 bits per heavy atom. The summed E-state index contributed by atoms with van der Waals surface area (Å²) in [5, 5.41) is 14.0. The molecular weight excluding hydrogens is 308 g/mol. The van der Waals surface area contributed by atoms with Gasteiger partial charge < -0.3 is 5.32 Å². The number of halogens is 1. The maximum absolute atomic E-state index is 10.8. The van der Waals surface area contributed by atoms with Gasteiger partial charge in [-0.3, -0.25) is 10.1 Å². The molecule has 4 nitrogen and oxygen atoms in total. The average molecular weight is 321 g/mol. The minimum absolute atomic E-state index is 0.0638. The van der Waals surface area contributed by atoms with Crippen molar-refractivity contribution in [2.45, 2.75) is 13.5 Å². The van der Waals surface area contributed by atoms with Gasteiger partial charge in [0.1, 0.15) is 0 Å². The number of benzene rings is 2. The number of anilines is 1. The van der Waals surface area contributed by atoms with E-state index in [-0.39, 0.29) is 5.69 Å². The SMILES string of the molecule is Cc1ccc(CNc2ccc(Br)c([N+](=O)[O-])c2)cc1. The van der Waals surface area contributed by atoms with E-state index in [4.69, 9.17) is 0 Å². The highest BCUT2D eigenvalue weighted by Gasteiger charge is 2.11. The predicted molar refractivity (Wildman–Crippen MR) is 79.3 cm³/mol. The monoisotopic (exact) mass is 320 g/mol. The zero-order valence-electron chi connectivity index (χ0n) is 10.4. The van der Waals surface area contributed by atoms with Gasteiger partial charge in [0.25, 0.3) is 5.69 Å². The lowest BCUT2D eigenvalue weighted by atomic mass is 10.1. The van der Waals surface area contributed by atoms with E-state index in [1.807, 2.05) is 37.3 Å². The van der Waals surface area contributed by atoms with Crippen molar-refractivity contribution >= 4 is 27.3 Å². The second-order valence-corrected chi connectivity index (χ2v) is 5.12. The van der Waals surface area contributed by atoms with Gasteiger partial charge in [0.2, 0.25) is 0 Å². The average Bonchev–Trinajstić information content (AvgIpc) is 2.39. The Morgan fingerprint density at radius 1 is 1.21 bits per heavy atom. The van der Waals surface area contributed by atoms with E-state index in [2.05, 4.69) is 21.2 Å². The summed E-state index contributed by atoms with van der Waals surface area (Å²) in [5.74, 6) is 0. The second-order valence-electron chi connectivity index (χ2n) is 4.26. The molecule has 1 N–H and O–H groups in total. The lowest BCUT2D eigenvalue weighted by Gasteiger charge is -2.07. The summed E-state index contributed by atoms with van der Waals surface area (Å²) < 4.78 is 0.485. The third kappa shape index (κ3) is 3.54. The molecule has 0 amide bonds. The molecule has 0 radical (unpaired) electrons. The van der Waals surface area contributed by atoms with Crippen LogP contribution in [0.1, 0.15) is 11.1 Å². The standard InChI is InChI=1S/C14H13BrN2O2/c1-10-2-4-11(5-3-10)9-16-12-6-7-13(15)14(8-12)17(18)19/h2-8,16H,9H2,1H3. The summed E-state index contributed by atoms with van der Waals surface area (Å²) in [6, 6.07) is 13.2. The molecule has 0 spiro atoms. The Bertz CT molecular complexity index is 597. The van der Waals surface area contributed by atoms with Crippen molar-refractivity contribution in [3.8, 4) is 0 Å². The van der Waals surface area contributed by atoms with Crippen LogP contribution in [0.5, 0.6) is 0 Å². The predicted octanol–water partition coefficient (Wildman–Crippen LogP) is 4.28. The number of nitro groups is 1. The van der Waals surface area contributed by atoms with Gasteiger partial charge in [0.05, 0.1) is 9.40 Å². The van der Waals surface area contributed by atoms with E-state index in [1.54, 1.807) is 6.07 Å². The fraction of sp³-hybridized carbons (Fsp3) is 0.143. The minimum Gasteiger partial charge on any atom is -0.381 e. The van der Waals surface area contributed by atoms with Gasteiger partial charge in [-0.25, -0.2) is 0 Å². The van der Waals surface area contributed by atoms with E-state index in [0.29, 0.717) is 11.0 Å². The summed E-state index contributed by atoms with van der Waals surface area (Å²) in [5.41, 5.74) is 3.14. The topological polar surface area (TPSA) is 55.2 Å². The highest BCUT2D eigenvalue weighted by molar-refractivity contribution is 9.10. The largest absolute Gasteiger partial charge is 0.381 e. The number of hydrogen-bond donors (Lipinski definition) is 1. The van der Waals surface area contributed by atoms with Gasteiger partial charge in [-0.15, -0.1) is 0 Å². The zero-order chi connectivity index (χ0) is 13.8. The fourth-order valence-electron chi connectivity index (χ4n) is 1.67. The van der Waals surface area contributed by atoms with Crippen molar-refractivity contribution in [2.75, 3.05) is 5.32 Å². The number of nitro benzene ring substituents is 1. The lowest BCUT2D eigenvalue weighted by molar-refractivity contribution is -0.385. The van der Waals surface area contributed by atoms with Crippen LogP contribution in [0.25, 0.3) is 0 Å². The van der Waals surface area contributed by atoms with Crippen LogP contribution in [0.3, 0.4) is 0 Å². The third-order valence-electron chi connectivity index (χ3n) is 2.76. The summed E-state index contributed by atoms with van der Waals surface area (Å²) in [7, 11) is 0. The molecule has 0 heterocycles. The molecule has 98 valence electrons. The van der Waals surface area contributed by atoms with Crippen LogP contribution in [-0.4, -0.2) is 4.92 Å². The van der Waals surface area contributed by atoms with Crippen LogP contribution >= 0.6 is 15.9 Å². The third-order valence-corrected chi connectivity index (χ3v) is 3.43. The van der Waals surface area contributed by atoms with Gasteiger partial charge in [0, 0.05) is 18.3 Å². The minimum atomic E-state index is -0.402. The molecule has 0 aliphatic carbocycles. The lowest BCUT2D eigenvalue weighted by Crippen LogP contribution is -2.00. The van der Waals surface area contributed by atoms with E-state index in [9.17, 15) is 10.1 Å². The van der Waals surface area contributed by atoms with E-state index >= 15 is 0 Å². The molecule has 0 atom stereocenters. The number of aryl methyl sites for hydroxylation is 1. The first-order valence-corrected chi connectivity index (χ1v) is 6.59. The van der Waals surface area contributed by atoms with Crippen LogP contribution in [0, 0.1) is 17.0 Å². The van der Waals surface area contributed by atoms with E-state index in [1.165, 1.54) is 11.6 Å². The van der Waals surface area contributed by atoms with Gasteiger partial charge in [-0.1, -0.05) is 29.8 Å². The Labute approximate surface area is 119 Å². The molecule has 2 rings (SSSR count). The first-order chi connectivity index (χ1) is 9.06. The second kappa shape index (κ2) is 5.84. The highest BCUT2D eigenvalue weighted by atomic mass is 79.9. The maximum Gasteiger partial charge on any atom is 0.285 e. The Morgan fingerprint density at radius 2 is 1.89 bits per heavy atom. The first-order valence-electron chi connectivity index (χ1n) is 5.79. The molecule has 0 saturated carbocycles.